The number of carbonyl (C=O) groups is 1. The van der Waals surface area contributed by atoms with E-state index in [1.165, 1.54) is 48.7 Å². The first-order chi connectivity index (χ1) is 13.3. The standard InChI is InChI=1S/C20H22N2O6/c1-14(2)9-10-27-19-12-21-16(11-18(19)23)13-28-20(24)8-5-15-3-6-17(7-4-15)22(25)26/h3-8,11-12,14H,9-10,13H2,1-2H3,(H,21,23)/b8-5+. The van der Waals surface area contributed by atoms with Crippen molar-refractivity contribution in [1.29, 1.82) is 0 Å². The fraction of sp³-hybridized carbons (Fsp3) is 0.300. The zero-order valence-corrected chi connectivity index (χ0v) is 15.7. The van der Waals surface area contributed by atoms with Crippen LogP contribution in [-0.4, -0.2) is 22.5 Å². The van der Waals surface area contributed by atoms with Crippen LogP contribution in [0.2, 0.25) is 0 Å². The fourth-order valence-electron chi connectivity index (χ4n) is 2.17. The van der Waals surface area contributed by atoms with Crippen molar-refractivity contribution in [1.82, 2.24) is 4.98 Å². The Bertz CT molecular complexity index is 900. The molecule has 1 aromatic carbocycles. The third kappa shape index (κ3) is 6.71. The number of benzene rings is 1. The number of hydrogen-bond acceptors (Lipinski definition) is 6. The predicted octanol–water partition coefficient (Wildman–Crippen LogP) is 3.46. The summed E-state index contributed by atoms with van der Waals surface area (Å²) in [4.78, 5) is 36.8. The number of aromatic amines is 1. The van der Waals surface area contributed by atoms with E-state index in [4.69, 9.17) is 9.47 Å². The molecule has 0 fully saturated rings. The second-order valence-electron chi connectivity index (χ2n) is 6.51. The Kier molecular flexibility index (Phi) is 7.50. The molecule has 0 amide bonds. The van der Waals surface area contributed by atoms with E-state index in [1.54, 1.807) is 0 Å². The van der Waals surface area contributed by atoms with Crippen molar-refractivity contribution in [2.45, 2.75) is 26.9 Å². The molecule has 1 N–H and O–H groups in total. The fourth-order valence-corrected chi connectivity index (χ4v) is 2.17. The maximum Gasteiger partial charge on any atom is 0.331 e. The predicted molar refractivity (Wildman–Crippen MR) is 104 cm³/mol. The molecule has 0 aliphatic heterocycles. The van der Waals surface area contributed by atoms with Gasteiger partial charge in [0.25, 0.3) is 5.69 Å². The molecule has 8 heteroatoms. The van der Waals surface area contributed by atoms with Crippen LogP contribution in [0.25, 0.3) is 6.08 Å². The van der Waals surface area contributed by atoms with Crippen molar-refractivity contribution in [3.05, 3.63) is 74.2 Å². The normalized spacial score (nSPS) is 11.0. The SMILES string of the molecule is CC(C)CCOc1c[nH]c(COC(=O)/C=C/c2ccc([N+](=O)[O-])cc2)cc1=O. The Morgan fingerprint density at radius 1 is 1.29 bits per heavy atom. The van der Waals surface area contributed by atoms with Crippen LogP contribution in [-0.2, 0) is 16.1 Å². The van der Waals surface area contributed by atoms with Gasteiger partial charge in [-0.05, 0) is 36.1 Å². The summed E-state index contributed by atoms with van der Waals surface area (Å²) >= 11 is 0. The summed E-state index contributed by atoms with van der Waals surface area (Å²) in [5.74, 6) is 0.113. The molecule has 0 saturated carbocycles. The molecule has 8 nitrogen and oxygen atoms in total. The highest BCUT2D eigenvalue weighted by Crippen LogP contribution is 2.13. The molecule has 0 bridgehead atoms. The lowest BCUT2D eigenvalue weighted by Crippen LogP contribution is -2.12. The second-order valence-corrected chi connectivity index (χ2v) is 6.51. The van der Waals surface area contributed by atoms with Gasteiger partial charge in [0, 0.05) is 30.5 Å². The number of pyridine rings is 1. The van der Waals surface area contributed by atoms with Gasteiger partial charge in [-0.1, -0.05) is 13.8 Å². The number of nitro groups is 1. The highest BCUT2D eigenvalue weighted by atomic mass is 16.6. The van der Waals surface area contributed by atoms with Gasteiger partial charge in [0.15, 0.2) is 5.75 Å². The average Bonchev–Trinajstić information content (AvgIpc) is 2.66. The van der Waals surface area contributed by atoms with Crippen LogP contribution in [0.15, 0.2) is 47.4 Å². The van der Waals surface area contributed by atoms with Crippen LogP contribution < -0.4 is 10.2 Å². The van der Waals surface area contributed by atoms with Crippen LogP contribution in [0.4, 0.5) is 5.69 Å². The number of esters is 1. The van der Waals surface area contributed by atoms with Gasteiger partial charge in [-0.15, -0.1) is 0 Å². The molecule has 0 aliphatic carbocycles. The largest absolute Gasteiger partial charge is 0.488 e. The van der Waals surface area contributed by atoms with Gasteiger partial charge in [0.2, 0.25) is 5.43 Å². The van der Waals surface area contributed by atoms with Crippen LogP contribution in [0.5, 0.6) is 5.75 Å². The van der Waals surface area contributed by atoms with Crippen molar-refractivity contribution < 1.29 is 19.2 Å². The molecule has 2 rings (SSSR count). The Hall–Kier alpha value is -3.42. The lowest BCUT2D eigenvalue weighted by Gasteiger charge is -2.08. The Morgan fingerprint density at radius 3 is 2.61 bits per heavy atom. The van der Waals surface area contributed by atoms with E-state index >= 15 is 0 Å². The van der Waals surface area contributed by atoms with Gasteiger partial charge in [-0.2, -0.15) is 0 Å². The number of aromatic nitrogens is 1. The summed E-state index contributed by atoms with van der Waals surface area (Å²) in [6.07, 6.45) is 5.00. The first-order valence-electron chi connectivity index (χ1n) is 8.79. The number of rotatable bonds is 9. The Morgan fingerprint density at radius 2 is 2.00 bits per heavy atom. The van der Waals surface area contributed by atoms with Crippen molar-refractivity contribution in [2.24, 2.45) is 5.92 Å². The second kappa shape index (κ2) is 10.1. The topological polar surface area (TPSA) is 112 Å². The van der Waals surface area contributed by atoms with Crippen molar-refractivity contribution in [3.8, 4) is 5.75 Å². The molecule has 0 unspecified atom stereocenters. The highest BCUT2D eigenvalue weighted by molar-refractivity contribution is 5.87. The van der Waals surface area contributed by atoms with E-state index in [0.717, 1.165) is 6.42 Å². The van der Waals surface area contributed by atoms with Gasteiger partial charge < -0.3 is 14.5 Å². The summed E-state index contributed by atoms with van der Waals surface area (Å²) in [6, 6.07) is 7.08. The Labute approximate surface area is 162 Å². The van der Waals surface area contributed by atoms with Crippen LogP contribution in [0.3, 0.4) is 0 Å². The molecule has 1 aromatic heterocycles. The summed E-state index contributed by atoms with van der Waals surface area (Å²) in [7, 11) is 0. The molecule has 0 atom stereocenters. The van der Waals surface area contributed by atoms with E-state index in [2.05, 4.69) is 18.8 Å². The zero-order valence-electron chi connectivity index (χ0n) is 15.7. The molecular formula is C20H22N2O6. The first-order valence-corrected chi connectivity index (χ1v) is 8.79. The van der Waals surface area contributed by atoms with Gasteiger partial charge >= 0.3 is 5.97 Å². The zero-order chi connectivity index (χ0) is 20.5. The van der Waals surface area contributed by atoms with Crippen molar-refractivity contribution >= 4 is 17.7 Å². The summed E-state index contributed by atoms with van der Waals surface area (Å²) in [6.45, 7) is 4.51. The monoisotopic (exact) mass is 386 g/mol. The number of hydrogen-bond donors (Lipinski definition) is 1. The third-order valence-electron chi connectivity index (χ3n) is 3.78. The van der Waals surface area contributed by atoms with Crippen LogP contribution in [0, 0.1) is 16.0 Å². The molecule has 148 valence electrons. The summed E-state index contributed by atoms with van der Waals surface area (Å²) < 4.78 is 10.5. The first kappa shape index (κ1) is 20.9. The van der Waals surface area contributed by atoms with E-state index in [1.807, 2.05) is 0 Å². The van der Waals surface area contributed by atoms with Gasteiger partial charge in [-0.25, -0.2) is 4.79 Å². The van der Waals surface area contributed by atoms with Crippen LogP contribution in [0.1, 0.15) is 31.5 Å². The average molecular weight is 386 g/mol. The smallest absolute Gasteiger partial charge is 0.331 e. The number of nitrogens with one attached hydrogen (secondary N) is 1. The number of ether oxygens (including phenoxy) is 2. The lowest BCUT2D eigenvalue weighted by atomic mass is 10.1. The molecule has 0 aliphatic rings. The molecule has 0 saturated heterocycles. The minimum atomic E-state index is -0.600. The number of nitro benzene ring substituents is 1. The molecule has 2 aromatic rings. The number of non-ortho nitro benzene ring substituents is 1. The number of H-pyrrole nitrogens is 1. The lowest BCUT2D eigenvalue weighted by molar-refractivity contribution is -0.384. The summed E-state index contributed by atoms with van der Waals surface area (Å²) in [5.41, 5.74) is 0.757. The molecule has 28 heavy (non-hydrogen) atoms. The van der Waals surface area contributed by atoms with Gasteiger partial charge in [0.1, 0.15) is 6.61 Å². The van der Waals surface area contributed by atoms with Gasteiger partial charge in [0.05, 0.1) is 17.2 Å². The summed E-state index contributed by atoms with van der Waals surface area (Å²) in [5, 5.41) is 10.6. The van der Waals surface area contributed by atoms with Crippen LogP contribution >= 0.6 is 0 Å². The van der Waals surface area contributed by atoms with Gasteiger partial charge in [-0.3, -0.25) is 14.9 Å². The molecule has 0 radical (unpaired) electrons. The Balaban J connectivity index is 1.85. The van der Waals surface area contributed by atoms with E-state index in [9.17, 15) is 19.7 Å². The van der Waals surface area contributed by atoms with Crippen molar-refractivity contribution in [2.75, 3.05) is 6.61 Å². The highest BCUT2D eigenvalue weighted by Gasteiger charge is 2.06. The maximum atomic E-state index is 12.0. The number of carbonyl (C=O) groups excluding carboxylic acids is 1. The van der Waals surface area contributed by atoms with Crippen molar-refractivity contribution in [3.63, 3.8) is 0 Å². The minimum Gasteiger partial charge on any atom is -0.488 e. The van der Waals surface area contributed by atoms with E-state index < -0.39 is 10.9 Å². The third-order valence-corrected chi connectivity index (χ3v) is 3.78. The minimum absolute atomic E-state index is 0.0275. The number of nitrogens with zero attached hydrogens (tertiary/aromatic N) is 1. The molecule has 0 spiro atoms. The van der Waals surface area contributed by atoms with E-state index in [0.29, 0.717) is 23.8 Å². The maximum absolute atomic E-state index is 12.0. The molecular weight excluding hydrogens is 364 g/mol. The quantitative estimate of drug-likeness (QED) is 0.306. The molecule has 1 heterocycles. The van der Waals surface area contributed by atoms with E-state index in [-0.39, 0.29) is 23.5 Å².